The van der Waals surface area contributed by atoms with Gasteiger partial charge in [0.2, 0.25) is 0 Å². The second-order valence-electron chi connectivity index (χ2n) is 2.92. The average molecular weight is 263 g/mol. The molecule has 0 saturated carbocycles. The molecule has 0 aliphatic heterocycles. The van der Waals surface area contributed by atoms with Crippen molar-refractivity contribution in [3.8, 4) is 0 Å². The Hall–Kier alpha value is 0.307. The van der Waals surface area contributed by atoms with Gasteiger partial charge in [-0.1, -0.05) is 23.2 Å². The molecule has 1 N–H and O–H groups in total. The van der Waals surface area contributed by atoms with E-state index >= 15 is 0 Å². The van der Waals surface area contributed by atoms with Crippen molar-refractivity contribution in [2.45, 2.75) is 18.7 Å². The molecule has 7 heteroatoms. The molecular formula is C8H9Cl2LiO3S. The van der Waals surface area contributed by atoms with Crippen molar-refractivity contribution < 1.29 is 13.0 Å². The first-order valence-electron chi connectivity index (χ1n) is 3.68. The second-order valence-corrected chi connectivity index (χ2v) is 5.06. The van der Waals surface area contributed by atoms with E-state index < -0.39 is 10.1 Å². The van der Waals surface area contributed by atoms with Gasteiger partial charge in [0.05, 0.1) is 5.02 Å². The van der Waals surface area contributed by atoms with Crippen LogP contribution in [0, 0.1) is 13.8 Å². The Labute approximate surface area is 111 Å². The van der Waals surface area contributed by atoms with Gasteiger partial charge in [0, 0.05) is 5.02 Å². The number of hydrogen-bond acceptors (Lipinski definition) is 2. The Morgan fingerprint density at radius 2 is 1.73 bits per heavy atom. The van der Waals surface area contributed by atoms with Gasteiger partial charge in [-0.2, -0.15) is 8.42 Å². The molecule has 0 aromatic heterocycles. The van der Waals surface area contributed by atoms with Crippen LogP contribution in [0.2, 0.25) is 10.0 Å². The average Bonchev–Trinajstić information content (AvgIpc) is 1.98. The van der Waals surface area contributed by atoms with E-state index in [1.807, 2.05) is 0 Å². The van der Waals surface area contributed by atoms with Crippen LogP contribution >= 0.6 is 23.2 Å². The summed E-state index contributed by atoms with van der Waals surface area (Å²) in [6.07, 6.45) is 0. The maximum absolute atomic E-state index is 11.0. The molecular weight excluding hydrogens is 254 g/mol. The van der Waals surface area contributed by atoms with E-state index in [0.29, 0.717) is 5.56 Å². The Balaban J connectivity index is 0.00000196. The predicted molar refractivity (Wildman–Crippen MR) is 62.9 cm³/mol. The van der Waals surface area contributed by atoms with Crippen LogP contribution in [0.3, 0.4) is 0 Å². The predicted octanol–water partition coefficient (Wildman–Crippen LogP) is 2.21. The van der Waals surface area contributed by atoms with Crippen LogP contribution in [-0.2, 0) is 10.1 Å². The zero-order valence-corrected chi connectivity index (χ0v) is 9.83. The summed E-state index contributed by atoms with van der Waals surface area (Å²) in [6, 6.07) is 1.55. The van der Waals surface area contributed by atoms with Gasteiger partial charge in [0.25, 0.3) is 10.1 Å². The third-order valence-corrected chi connectivity index (χ3v) is 3.86. The Bertz CT molecular complexity index is 459. The van der Waals surface area contributed by atoms with Gasteiger partial charge in [-0.25, -0.2) is 0 Å². The first-order chi connectivity index (χ1) is 6.25. The van der Waals surface area contributed by atoms with Crippen LogP contribution in [0.25, 0.3) is 0 Å². The van der Waals surface area contributed by atoms with E-state index in [9.17, 15) is 8.42 Å². The monoisotopic (exact) mass is 262 g/mol. The number of aryl methyl sites for hydroxylation is 1. The zero-order chi connectivity index (χ0) is 11.1. The van der Waals surface area contributed by atoms with Crippen molar-refractivity contribution in [3.63, 3.8) is 0 Å². The van der Waals surface area contributed by atoms with Gasteiger partial charge in [0.1, 0.15) is 4.90 Å². The molecule has 0 fully saturated rings. The second kappa shape index (κ2) is 5.09. The molecule has 0 amide bonds. The number of halogens is 2. The topological polar surface area (TPSA) is 54.4 Å². The van der Waals surface area contributed by atoms with Crippen LogP contribution in [0.1, 0.15) is 11.1 Å². The van der Waals surface area contributed by atoms with Crippen LogP contribution < -0.4 is 0 Å². The van der Waals surface area contributed by atoms with Crippen LogP contribution in [-0.4, -0.2) is 31.8 Å². The van der Waals surface area contributed by atoms with Gasteiger partial charge in [0.15, 0.2) is 0 Å². The SMILES string of the molecule is Cc1cc(Cl)c(C)c(S(=O)(=O)O)c1Cl.[LiH]. The zero-order valence-electron chi connectivity index (χ0n) is 7.51. The van der Waals surface area contributed by atoms with E-state index in [2.05, 4.69) is 0 Å². The summed E-state index contributed by atoms with van der Waals surface area (Å²) >= 11 is 11.5. The van der Waals surface area contributed by atoms with Crippen molar-refractivity contribution in [3.05, 3.63) is 27.2 Å². The molecule has 15 heavy (non-hydrogen) atoms. The molecule has 1 rings (SSSR count). The fourth-order valence-corrected chi connectivity index (χ4v) is 2.81. The van der Waals surface area contributed by atoms with E-state index in [1.54, 1.807) is 13.0 Å². The Kier molecular flexibility index (Phi) is 5.20. The van der Waals surface area contributed by atoms with Crippen molar-refractivity contribution >= 4 is 52.2 Å². The maximum atomic E-state index is 11.0. The van der Waals surface area contributed by atoms with E-state index in [0.717, 1.165) is 0 Å². The summed E-state index contributed by atoms with van der Waals surface area (Å²) in [6.45, 7) is 3.10. The molecule has 1 aromatic carbocycles. The molecule has 0 atom stereocenters. The molecule has 0 spiro atoms. The van der Waals surface area contributed by atoms with Gasteiger partial charge in [-0.15, -0.1) is 0 Å². The van der Waals surface area contributed by atoms with Crippen molar-refractivity contribution in [1.29, 1.82) is 0 Å². The molecule has 0 bridgehead atoms. The van der Waals surface area contributed by atoms with E-state index in [1.165, 1.54) is 6.92 Å². The minimum atomic E-state index is -4.33. The minimum absolute atomic E-state index is 0. The van der Waals surface area contributed by atoms with E-state index in [4.69, 9.17) is 27.8 Å². The molecule has 0 unspecified atom stereocenters. The number of benzene rings is 1. The van der Waals surface area contributed by atoms with Crippen molar-refractivity contribution in [2.24, 2.45) is 0 Å². The summed E-state index contributed by atoms with van der Waals surface area (Å²) in [5, 5.41) is 0.272. The van der Waals surface area contributed by atoms with Crippen LogP contribution in [0.5, 0.6) is 0 Å². The molecule has 0 heterocycles. The first-order valence-corrected chi connectivity index (χ1v) is 5.87. The fourth-order valence-electron chi connectivity index (χ4n) is 1.12. The summed E-state index contributed by atoms with van der Waals surface area (Å²) in [7, 11) is -4.33. The summed E-state index contributed by atoms with van der Waals surface area (Å²) in [5.74, 6) is 0. The quantitative estimate of drug-likeness (QED) is 0.624. The summed E-state index contributed by atoms with van der Waals surface area (Å²) in [5.41, 5.74) is 0.764. The van der Waals surface area contributed by atoms with Crippen molar-refractivity contribution in [2.75, 3.05) is 0 Å². The Morgan fingerprint density at radius 1 is 1.27 bits per heavy atom. The molecule has 0 aliphatic carbocycles. The molecule has 1 aromatic rings. The van der Waals surface area contributed by atoms with Gasteiger partial charge < -0.3 is 0 Å². The number of rotatable bonds is 1. The standard InChI is InChI=1S/C8H8Cl2O3S.Li.H/c1-4-3-6(9)5(2)8(7(4)10)14(11,12)13;;/h3H,1-2H3,(H,11,12,13);;. The van der Waals surface area contributed by atoms with Gasteiger partial charge in [-0.05, 0) is 31.0 Å². The molecule has 3 nitrogen and oxygen atoms in total. The summed E-state index contributed by atoms with van der Waals surface area (Å²) < 4.78 is 30.9. The third-order valence-electron chi connectivity index (χ3n) is 1.85. The van der Waals surface area contributed by atoms with Gasteiger partial charge in [-0.3, -0.25) is 4.55 Å². The third kappa shape index (κ3) is 3.13. The van der Waals surface area contributed by atoms with E-state index in [-0.39, 0.29) is 39.4 Å². The fraction of sp³-hybridized carbons (Fsp3) is 0.250. The summed E-state index contributed by atoms with van der Waals surface area (Å²) in [4.78, 5) is -0.316. The van der Waals surface area contributed by atoms with Crippen LogP contribution in [0.4, 0.5) is 0 Å². The molecule has 0 saturated heterocycles. The Morgan fingerprint density at radius 3 is 2.13 bits per heavy atom. The normalized spacial score (nSPS) is 11.0. The molecule has 0 radical (unpaired) electrons. The van der Waals surface area contributed by atoms with Gasteiger partial charge >= 0.3 is 18.9 Å². The number of hydrogen-bond donors (Lipinski definition) is 1. The molecule has 80 valence electrons. The molecule has 0 aliphatic rings. The first kappa shape index (κ1) is 15.3. The van der Waals surface area contributed by atoms with Crippen molar-refractivity contribution in [1.82, 2.24) is 0 Å². The van der Waals surface area contributed by atoms with Crippen LogP contribution in [0.15, 0.2) is 11.0 Å².